The average Bonchev–Trinajstić information content (AvgIpc) is 2.97. The van der Waals surface area contributed by atoms with Crippen LogP contribution >= 0.6 is 0 Å². The highest BCUT2D eigenvalue weighted by Gasteiger charge is 2.41. The van der Waals surface area contributed by atoms with Crippen molar-refractivity contribution < 1.29 is 9.53 Å². The molecule has 0 atom stereocenters. The first-order valence-corrected chi connectivity index (χ1v) is 9.11. The van der Waals surface area contributed by atoms with Crippen LogP contribution in [0.3, 0.4) is 0 Å². The summed E-state index contributed by atoms with van der Waals surface area (Å²) in [5.41, 5.74) is 2.27. The molecule has 1 spiro atoms. The molecule has 0 bridgehead atoms. The van der Waals surface area contributed by atoms with E-state index in [-0.39, 0.29) is 11.4 Å². The summed E-state index contributed by atoms with van der Waals surface area (Å²) in [7, 11) is 0. The number of hydrogen-bond acceptors (Lipinski definition) is 4. The normalized spacial score (nSPS) is 24.5. The fourth-order valence-electron chi connectivity index (χ4n) is 4.26. The molecule has 3 aliphatic rings. The van der Waals surface area contributed by atoms with Gasteiger partial charge in [-0.15, -0.1) is 0 Å². The van der Waals surface area contributed by atoms with Crippen LogP contribution < -0.4 is 5.32 Å². The molecule has 5 heteroatoms. The van der Waals surface area contributed by atoms with Crippen LogP contribution in [0.5, 0.6) is 0 Å². The van der Waals surface area contributed by atoms with Crippen molar-refractivity contribution in [3.05, 3.63) is 23.4 Å². The van der Waals surface area contributed by atoms with Gasteiger partial charge in [0.1, 0.15) is 5.82 Å². The first-order valence-electron chi connectivity index (χ1n) is 9.11. The van der Waals surface area contributed by atoms with E-state index in [1.165, 1.54) is 5.56 Å². The Morgan fingerprint density at radius 3 is 2.83 bits per heavy atom. The lowest BCUT2D eigenvalue weighted by molar-refractivity contribution is 0.0191. The number of carbonyl (C=O) groups is 1. The predicted octanol–water partition coefficient (Wildman–Crippen LogP) is 2.86. The number of hydrogen-bond donors (Lipinski definition) is 1. The summed E-state index contributed by atoms with van der Waals surface area (Å²) >= 11 is 0. The summed E-state index contributed by atoms with van der Waals surface area (Å²) in [6.07, 6.45) is 7.05. The fourth-order valence-corrected chi connectivity index (χ4v) is 4.26. The Hall–Kier alpha value is -1.62. The van der Waals surface area contributed by atoms with Crippen LogP contribution in [0.15, 0.2) is 12.3 Å². The maximum atomic E-state index is 12.9. The Morgan fingerprint density at radius 2 is 2.04 bits per heavy atom. The number of aromatic nitrogens is 1. The highest BCUT2D eigenvalue weighted by molar-refractivity contribution is 5.94. The zero-order chi connectivity index (χ0) is 16.8. The van der Waals surface area contributed by atoms with Gasteiger partial charge in [0.05, 0.1) is 5.56 Å². The molecule has 0 radical (unpaired) electrons. The van der Waals surface area contributed by atoms with E-state index in [4.69, 9.17) is 4.74 Å². The molecular formula is C19H27N3O2. The van der Waals surface area contributed by atoms with Crippen LogP contribution in [0, 0.1) is 5.41 Å². The molecule has 0 saturated carbocycles. The van der Waals surface area contributed by atoms with Crippen LogP contribution in [-0.4, -0.2) is 47.6 Å². The molecule has 1 aromatic rings. The second kappa shape index (κ2) is 5.73. The molecule has 4 rings (SSSR count). The molecule has 0 aliphatic carbocycles. The van der Waals surface area contributed by atoms with Gasteiger partial charge in [0.2, 0.25) is 0 Å². The van der Waals surface area contributed by atoms with E-state index in [1.807, 2.05) is 11.0 Å². The van der Waals surface area contributed by atoms with E-state index >= 15 is 0 Å². The molecule has 0 aromatic carbocycles. The highest BCUT2D eigenvalue weighted by Crippen LogP contribution is 2.40. The smallest absolute Gasteiger partial charge is 0.255 e. The standard InChI is InChI=1S/C19H27N3O2/c1-18(2)4-3-14-11-15(12-20-16(14)21-18)17(23)22-8-5-19(13-22)6-9-24-10-7-19/h11-12H,3-10,13H2,1-2H3,(H,20,21). The third kappa shape index (κ3) is 2.90. The molecule has 24 heavy (non-hydrogen) atoms. The van der Waals surface area contributed by atoms with Crippen molar-refractivity contribution in [1.29, 1.82) is 0 Å². The number of fused-ring (bicyclic) bond motifs is 1. The van der Waals surface area contributed by atoms with Crippen molar-refractivity contribution in [2.75, 3.05) is 31.6 Å². The number of amides is 1. The Morgan fingerprint density at radius 1 is 1.25 bits per heavy atom. The lowest BCUT2D eigenvalue weighted by Crippen LogP contribution is -2.37. The van der Waals surface area contributed by atoms with Gasteiger partial charge in [-0.05, 0) is 63.0 Å². The summed E-state index contributed by atoms with van der Waals surface area (Å²) in [4.78, 5) is 19.5. The summed E-state index contributed by atoms with van der Waals surface area (Å²) < 4.78 is 5.50. The van der Waals surface area contributed by atoms with Crippen molar-refractivity contribution in [2.45, 2.75) is 51.5 Å². The van der Waals surface area contributed by atoms with Gasteiger partial charge in [-0.25, -0.2) is 4.98 Å². The lowest BCUT2D eigenvalue weighted by Gasteiger charge is -2.33. The van der Waals surface area contributed by atoms with Gasteiger partial charge in [0, 0.05) is 38.0 Å². The fraction of sp³-hybridized carbons (Fsp3) is 0.684. The van der Waals surface area contributed by atoms with Gasteiger partial charge in [0.15, 0.2) is 0 Å². The van der Waals surface area contributed by atoms with Gasteiger partial charge in [-0.1, -0.05) is 0 Å². The molecule has 5 nitrogen and oxygen atoms in total. The number of rotatable bonds is 1. The summed E-state index contributed by atoms with van der Waals surface area (Å²) in [5, 5.41) is 3.47. The Kier molecular flexibility index (Phi) is 3.79. The predicted molar refractivity (Wildman–Crippen MR) is 93.3 cm³/mol. The van der Waals surface area contributed by atoms with E-state index in [0.717, 1.165) is 69.8 Å². The van der Waals surface area contributed by atoms with Crippen LogP contribution in [-0.2, 0) is 11.2 Å². The number of likely N-dealkylation sites (tertiary alicyclic amines) is 1. The molecule has 1 aromatic heterocycles. The van der Waals surface area contributed by atoms with Crippen molar-refractivity contribution in [3.8, 4) is 0 Å². The van der Waals surface area contributed by atoms with Crippen molar-refractivity contribution in [3.63, 3.8) is 0 Å². The Labute approximate surface area is 143 Å². The van der Waals surface area contributed by atoms with Crippen molar-refractivity contribution >= 4 is 11.7 Å². The van der Waals surface area contributed by atoms with Gasteiger partial charge in [0.25, 0.3) is 5.91 Å². The molecule has 4 heterocycles. The van der Waals surface area contributed by atoms with Gasteiger partial charge in [-0.3, -0.25) is 4.79 Å². The molecule has 2 fully saturated rings. The lowest BCUT2D eigenvalue weighted by atomic mass is 9.80. The molecule has 1 N–H and O–H groups in total. The summed E-state index contributed by atoms with van der Waals surface area (Å²) in [6.45, 7) is 7.79. The second-order valence-electron chi connectivity index (χ2n) is 8.33. The average molecular weight is 329 g/mol. The number of nitrogens with one attached hydrogen (secondary N) is 1. The zero-order valence-electron chi connectivity index (χ0n) is 14.7. The highest BCUT2D eigenvalue weighted by atomic mass is 16.5. The van der Waals surface area contributed by atoms with Crippen LogP contribution in [0.25, 0.3) is 0 Å². The minimum Gasteiger partial charge on any atom is -0.381 e. The topological polar surface area (TPSA) is 54.5 Å². The van der Waals surface area contributed by atoms with Crippen LogP contribution in [0.1, 0.15) is 55.5 Å². The Bertz CT molecular complexity index is 650. The quantitative estimate of drug-likeness (QED) is 0.861. The van der Waals surface area contributed by atoms with Crippen molar-refractivity contribution in [2.24, 2.45) is 5.41 Å². The molecule has 3 aliphatic heterocycles. The number of carbonyl (C=O) groups excluding carboxylic acids is 1. The Balaban J connectivity index is 1.49. The van der Waals surface area contributed by atoms with Crippen LogP contribution in [0.2, 0.25) is 0 Å². The second-order valence-corrected chi connectivity index (χ2v) is 8.33. The monoisotopic (exact) mass is 329 g/mol. The molecule has 1 amide bonds. The maximum Gasteiger partial charge on any atom is 0.255 e. The third-order valence-corrected chi connectivity index (χ3v) is 5.97. The van der Waals surface area contributed by atoms with E-state index in [2.05, 4.69) is 24.1 Å². The SMILES string of the molecule is CC1(C)CCc2cc(C(=O)N3CCC4(CCOCC4)C3)cnc2N1. The minimum atomic E-state index is 0.0793. The van der Waals surface area contributed by atoms with Gasteiger partial charge in [-0.2, -0.15) is 0 Å². The molecular weight excluding hydrogens is 302 g/mol. The summed E-state index contributed by atoms with van der Waals surface area (Å²) in [6, 6.07) is 2.04. The number of anilines is 1. The van der Waals surface area contributed by atoms with Gasteiger partial charge >= 0.3 is 0 Å². The summed E-state index contributed by atoms with van der Waals surface area (Å²) in [5.74, 6) is 1.07. The number of nitrogens with zero attached hydrogens (tertiary/aromatic N) is 2. The third-order valence-electron chi connectivity index (χ3n) is 5.97. The van der Waals surface area contributed by atoms with Crippen LogP contribution in [0.4, 0.5) is 5.82 Å². The van der Waals surface area contributed by atoms with Gasteiger partial charge < -0.3 is 15.0 Å². The van der Waals surface area contributed by atoms with E-state index in [1.54, 1.807) is 6.20 Å². The number of ether oxygens (including phenoxy) is 1. The largest absolute Gasteiger partial charge is 0.381 e. The van der Waals surface area contributed by atoms with Crippen molar-refractivity contribution in [1.82, 2.24) is 9.88 Å². The van der Waals surface area contributed by atoms with E-state index in [9.17, 15) is 4.79 Å². The molecule has 0 unspecified atom stereocenters. The van der Waals surface area contributed by atoms with E-state index < -0.39 is 0 Å². The number of aryl methyl sites for hydroxylation is 1. The van der Waals surface area contributed by atoms with E-state index in [0.29, 0.717) is 5.41 Å². The minimum absolute atomic E-state index is 0.0793. The zero-order valence-corrected chi connectivity index (χ0v) is 14.7. The molecule has 2 saturated heterocycles. The number of pyridine rings is 1. The molecule has 130 valence electrons. The maximum absolute atomic E-state index is 12.9. The first kappa shape index (κ1) is 15.9. The first-order chi connectivity index (χ1) is 11.5.